The molecule has 0 amide bonds. The van der Waals surface area contributed by atoms with E-state index in [4.69, 9.17) is 4.52 Å². The van der Waals surface area contributed by atoms with Crippen LogP contribution >= 0.6 is 23.1 Å². The molecule has 9 heteroatoms. The summed E-state index contributed by atoms with van der Waals surface area (Å²) in [6, 6.07) is 2.54. The number of rotatable bonds is 6. The van der Waals surface area contributed by atoms with Crippen molar-refractivity contribution in [1.29, 1.82) is 0 Å². The topological polar surface area (TPSA) is 72.9 Å². The van der Waals surface area contributed by atoms with Crippen molar-refractivity contribution < 1.29 is 4.52 Å². The molecule has 2 fully saturated rings. The molecule has 2 aliphatic rings. The molecular formula is C18H22N6OS2. The van der Waals surface area contributed by atoms with Crippen molar-refractivity contribution in [3.8, 4) is 11.5 Å². The maximum atomic E-state index is 5.38. The molecule has 27 heavy (non-hydrogen) atoms. The van der Waals surface area contributed by atoms with Crippen molar-refractivity contribution in [3.05, 3.63) is 22.7 Å². The third kappa shape index (κ3) is 3.62. The Morgan fingerprint density at radius 3 is 2.81 bits per heavy atom. The first-order chi connectivity index (χ1) is 13.3. The predicted octanol–water partition coefficient (Wildman–Crippen LogP) is 4.25. The minimum atomic E-state index is 0.545. The van der Waals surface area contributed by atoms with Gasteiger partial charge in [-0.3, -0.25) is 4.57 Å². The molecule has 0 atom stereocenters. The number of nitrogens with zero attached hydrogens (tertiary/aromatic N) is 6. The average molecular weight is 403 g/mol. The van der Waals surface area contributed by atoms with Crippen LogP contribution in [-0.4, -0.2) is 38.0 Å². The number of piperidine rings is 1. The van der Waals surface area contributed by atoms with Crippen LogP contribution in [0.15, 0.2) is 26.5 Å². The lowest BCUT2D eigenvalue weighted by Crippen LogP contribution is -2.34. The Bertz CT molecular complexity index is 893. The van der Waals surface area contributed by atoms with Crippen LogP contribution in [0.2, 0.25) is 0 Å². The summed E-state index contributed by atoms with van der Waals surface area (Å²) in [5.74, 6) is 3.76. The Morgan fingerprint density at radius 1 is 1.22 bits per heavy atom. The molecule has 0 bridgehead atoms. The van der Waals surface area contributed by atoms with E-state index in [9.17, 15) is 0 Å². The molecule has 0 unspecified atom stereocenters. The normalized spacial score (nSPS) is 18.3. The van der Waals surface area contributed by atoms with Crippen LogP contribution in [0, 0.1) is 5.92 Å². The second kappa shape index (κ2) is 7.27. The van der Waals surface area contributed by atoms with E-state index in [-0.39, 0.29) is 0 Å². The molecule has 1 aliphatic heterocycles. The highest BCUT2D eigenvalue weighted by Gasteiger charge is 2.32. The van der Waals surface area contributed by atoms with Gasteiger partial charge in [-0.2, -0.15) is 16.3 Å². The summed E-state index contributed by atoms with van der Waals surface area (Å²) >= 11 is 3.27. The second-order valence-electron chi connectivity index (χ2n) is 7.37. The molecule has 4 heterocycles. The fraction of sp³-hybridized carbons (Fsp3) is 0.556. The van der Waals surface area contributed by atoms with E-state index in [1.165, 1.54) is 25.7 Å². The van der Waals surface area contributed by atoms with Crippen LogP contribution in [-0.2, 0) is 5.75 Å². The lowest BCUT2D eigenvalue weighted by molar-refractivity contribution is 0.425. The number of thioether (sulfide) groups is 1. The van der Waals surface area contributed by atoms with Crippen molar-refractivity contribution >= 4 is 29.0 Å². The molecule has 3 aromatic heterocycles. The molecule has 0 N–H and O–H groups in total. The fourth-order valence-electron chi connectivity index (χ4n) is 3.39. The van der Waals surface area contributed by atoms with Gasteiger partial charge in [0.1, 0.15) is 0 Å². The van der Waals surface area contributed by atoms with Crippen LogP contribution in [0.3, 0.4) is 0 Å². The van der Waals surface area contributed by atoms with Gasteiger partial charge >= 0.3 is 0 Å². The summed E-state index contributed by atoms with van der Waals surface area (Å²) in [4.78, 5) is 6.90. The molecule has 0 aromatic carbocycles. The van der Waals surface area contributed by atoms with Crippen LogP contribution in [0.25, 0.3) is 11.5 Å². The van der Waals surface area contributed by atoms with E-state index in [1.807, 2.05) is 16.8 Å². The van der Waals surface area contributed by atoms with E-state index >= 15 is 0 Å². The van der Waals surface area contributed by atoms with Gasteiger partial charge < -0.3 is 9.42 Å². The summed E-state index contributed by atoms with van der Waals surface area (Å²) in [5.41, 5.74) is 0.978. The minimum Gasteiger partial charge on any atom is -0.341 e. The van der Waals surface area contributed by atoms with Crippen LogP contribution in [0.5, 0.6) is 0 Å². The van der Waals surface area contributed by atoms with Gasteiger partial charge in [0.2, 0.25) is 5.95 Å². The number of aromatic nitrogens is 5. The number of thiophene rings is 1. The van der Waals surface area contributed by atoms with Crippen molar-refractivity contribution in [2.24, 2.45) is 5.92 Å². The second-order valence-corrected chi connectivity index (χ2v) is 9.09. The van der Waals surface area contributed by atoms with Gasteiger partial charge in [-0.1, -0.05) is 23.8 Å². The summed E-state index contributed by atoms with van der Waals surface area (Å²) in [5, 5.41) is 18.1. The Morgan fingerprint density at radius 2 is 2.07 bits per heavy atom. The van der Waals surface area contributed by atoms with Gasteiger partial charge in [0, 0.05) is 24.5 Å². The average Bonchev–Trinajstić information content (AvgIpc) is 3.09. The number of hydrogen-bond acceptors (Lipinski definition) is 8. The third-order valence-electron chi connectivity index (χ3n) is 5.19. The highest BCUT2D eigenvalue weighted by molar-refractivity contribution is 7.98. The van der Waals surface area contributed by atoms with E-state index in [1.54, 1.807) is 23.1 Å². The lowest BCUT2D eigenvalue weighted by atomic mass is 10.00. The molecule has 5 rings (SSSR count). The maximum absolute atomic E-state index is 5.38. The Kier molecular flexibility index (Phi) is 4.65. The lowest BCUT2D eigenvalue weighted by Gasteiger charge is -2.31. The van der Waals surface area contributed by atoms with Crippen LogP contribution in [0.1, 0.15) is 44.5 Å². The third-order valence-corrected chi connectivity index (χ3v) is 6.81. The van der Waals surface area contributed by atoms with Crippen LogP contribution < -0.4 is 4.90 Å². The summed E-state index contributed by atoms with van der Waals surface area (Å²) in [7, 11) is 0. The van der Waals surface area contributed by atoms with E-state index < -0.39 is 0 Å². The standard InChI is InChI=1S/C18H22N6OS2/c1-12-4-7-23(8-5-12)17-20-21-18(24(17)14-2-3-14)27-11-15-19-16(25-22-15)13-6-9-26-10-13/h6,9-10,12,14H,2-5,7-8,11H2,1H3. The van der Waals surface area contributed by atoms with Gasteiger partial charge in [-0.05, 0) is 43.0 Å². The SMILES string of the molecule is CC1CCN(c2nnc(SCc3noc(-c4ccsc4)n3)n2C2CC2)CC1. The first-order valence-corrected chi connectivity index (χ1v) is 11.4. The molecule has 0 spiro atoms. The summed E-state index contributed by atoms with van der Waals surface area (Å²) < 4.78 is 7.71. The smallest absolute Gasteiger partial charge is 0.258 e. The Labute approximate surface area is 166 Å². The van der Waals surface area contributed by atoms with E-state index in [0.717, 1.165) is 35.7 Å². The summed E-state index contributed by atoms with van der Waals surface area (Å²) in [6.45, 7) is 4.48. The Hall–Kier alpha value is -1.87. The molecule has 1 saturated heterocycles. The van der Waals surface area contributed by atoms with Crippen molar-refractivity contribution in [2.75, 3.05) is 18.0 Å². The largest absolute Gasteiger partial charge is 0.341 e. The number of anilines is 1. The zero-order chi connectivity index (χ0) is 18.2. The first-order valence-electron chi connectivity index (χ1n) is 9.45. The molecule has 0 radical (unpaired) electrons. The molecule has 1 saturated carbocycles. The van der Waals surface area contributed by atoms with Crippen molar-refractivity contribution in [2.45, 2.75) is 49.6 Å². The van der Waals surface area contributed by atoms with Gasteiger partial charge in [0.15, 0.2) is 11.0 Å². The molecule has 142 valence electrons. The Balaban J connectivity index is 1.31. The van der Waals surface area contributed by atoms with Gasteiger partial charge in [0.25, 0.3) is 5.89 Å². The van der Waals surface area contributed by atoms with Gasteiger partial charge in [0.05, 0.1) is 11.3 Å². The predicted molar refractivity (Wildman–Crippen MR) is 106 cm³/mol. The first kappa shape index (κ1) is 17.2. The van der Waals surface area contributed by atoms with E-state index in [0.29, 0.717) is 23.5 Å². The van der Waals surface area contributed by atoms with Crippen molar-refractivity contribution in [3.63, 3.8) is 0 Å². The summed E-state index contributed by atoms with van der Waals surface area (Å²) in [6.07, 6.45) is 4.89. The molecule has 7 nitrogen and oxygen atoms in total. The van der Waals surface area contributed by atoms with Crippen molar-refractivity contribution in [1.82, 2.24) is 24.9 Å². The monoisotopic (exact) mass is 402 g/mol. The fourth-order valence-corrected chi connectivity index (χ4v) is 4.86. The quantitative estimate of drug-likeness (QED) is 0.571. The maximum Gasteiger partial charge on any atom is 0.258 e. The molecule has 1 aliphatic carbocycles. The zero-order valence-corrected chi connectivity index (χ0v) is 16.9. The highest BCUT2D eigenvalue weighted by Crippen LogP contribution is 2.41. The van der Waals surface area contributed by atoms with Gasteiger partial charge in [-0.25, -0.2) is 0 Å². The van der Waals surface area contributed by atoms with E-state index in [2.05, 4.69) is 36.7 Å². The van der Waals surface area contributed by atoms with Gasteiger partial charge in [-0.15, -0.1) is 10.2 Å². The number of hydrogen-bond donors (Lipinski definition) is 0. The zero-order valence-electron chi connectivity index (χ0n) is 15.2. The van der Waals surface area contributed by atoms with Crippen LogP contribution in [0.4, 0.5) is 5.95 Å². The highest BCUT2D eigenvalue weighted by atomic mass is 32.2. The minimum absolute atomic E-state index is 0.545. The molecular weight excluding hydrogens is 380 g/mol. The molecule has 3 aromatic rings.